The molecule has 0 unspecified atom stereocenters. The molecule has 0 aromatic heterocycles. The van der Waals surface area contributed by atoms with Gasteiger partial charge in [0.05, 0.1) is 0 Å². The van der Waals surface area contributed by atoms with E-state index < -0.39 is 6.04 Å². The van der Waals surface area contributed by atoms with E-state index in [2.05, 4.69) is 5.32 Å². The van der Waals surface area contributed by atoms with E-state index in [-0.39, 0.29) is 24.5 Å². The number of ether oxygens (including phenoxy) is 1. The van der Waals surface area contributed by atoms with Gasteiger partial charge < -0.3 is 15.0 Å². The van der Waals surface area contributed by atoms with Gasteiger partial charge in [-0.1, -0.05) is 67.6 Å². The maximum Gasteiger partial charge on any atom is 0.261 e. The molecular weight excluding hydrogens is 436 g/mol. The summed E-state index contributed by atoms with van der Waals surface area (Å²) < 4.78 is 5.87. The molecule has 0 radical (unpaired) electrons. The van der Waals surface area contributed by atoms with Crippen molar-refractivity contribution in [1.82, 2.24) is 10.2 Å². The number of carbonyl (C=O) groups excluding carboxylic acids is 2. The van der Waals surface area contributed by atoms with Crippen LogP contribution in [-0.4, -0.2) is 35.4 Å². The second-order valence-corrected chi connectivity index (χ2v) is 9.41. The van der Waals surface area contributed by atoms with Crippen molar-refractivity contribution in [2.24, 2.45) is 0 Å². The van der Waals surface area contributed by atoms with E-state index in [4.69, 9.17) is 16.3 Å². The first-order valence-electron chi connectivity index (χ1n) is 11.9. The van der Waals surface area contributed by atoms with E-state index in [1.165, 1.54) is 6.42 Å². The monoisotopic (exact) mass is 470 g/mol. The first-order chi connectivity index (χ1) is 15.9. The van der Waals surface area contributed by atoms with Crippen molar-refractivity contribution in [3.63, 3.8) is 0 Å². The lowest BCUT2D eigenvalue weighted by atomic mass is 9.95. The quantitative estimate of drug-likeness (QED) is 0.519. The molecule has 5 nitrogen and oxygen atoms in total. The second kappa shape index (κ2) is 12.1. The molecule has 3 rings (SSSR count). The highest BCUT2D eigenvalue weighted by Gasteiger charge is 2.30. The van der Waals surface area contributed by atoms with Crippen molar-refractivity contribution in [3.8, 4) is 5.75 Å². The fourth-order valence-electron chi connectivity index (χ4n) is 4.43. The van der Waals surface area contributed by atoms with Gasteiger partial charge in [0, 0.05) is 17.6 Å². The molecule has 1 N–H and O–H groups in total. The first kappa shape index (κ1) is 25.1. The van der Waals surface area contributed by atoms with Gasteiger partial charge in [-0.3, -0.25) is 9.59 Å². The van der Waals surface area contributed by atoms with Gasteiger partial charge in [0.1, 0.15) is 11.8 Å². The third-order valence-corrected chi connectivity index (χ3v) is 6.54. The largest absolute Gasteiger partial charge is 0.483 e. The van der Waals surface area contributed by atoms with Gasteiger partial charge in [0.15, 0.2) is 6.61 Å². The van der Waals surface area contributed by atoms with Crippen molar-refractivity contribution in [3.05, 3.63) is 64.2 Å². The van der Waals surface area contributed by atoms with Crippen LogP contribution in [0.2, 0.25) is 5.02 Å². The Labute approximate surface area is 202 Å². The van der Waals surface area contributed by atoms with Crippen LogP contribution in [0.1, 0.15) is 62.1 Å². The summed E-state index contributed by atoms with van der Waals surface area (Å²) in [5, 5.41) is 3.83. The summed E-state index contributed by atoms with van der Waals surface area (Å²) in [5.74, 6) is 0.383. The van der Waals surface area contributed by atoms with Gasteiger partial charge in [-0.15, -0.1) is 0 Å². The van der Waals surface area contributed by atoms with Crippen molar-refractivity contribution in [2.75, 3.05) is 6.61 Å². The average Bonchev–Trinajstić information content (AvgIpc) is 2.80. The molecule has 2 aromatic rings. The summed E-state index contributed by atoms with van der Waals surface area (Å²) in [5.41, 5.74) is 3.04. The number of hydrogen-bond acceptors (Lipinski definition) is 3. The first-order valence-corrected chi connectivity index (χ1v) is 12.3. The molecule has 2 amide bonds. The zero-order valence-corrected chi connectivity index (χ0v) is 20.7. The third kappa shape index (κ3) is 7.23. The summed E-state index contributed by atoms with van der Waals surface area (Å²) in [6.07, 6.45) is 6.03. The Hall–Kier alpha value is -2.53. The van der Waals surface area contributed by atoms with Gasteiger partial charge in [0.2, 0.25) is 5.91 Å². The Balaban J connectivity index is 1.76. The Morgan fingerprint density at radius 3 is 2.42 bits per heavy atom. The molecule has 0 saturated heterocycles. The number of amides is 2. The molecule has 1 fully saturated rings. The highest BCUT2D eigenvalue weighted by atomic mass is 35.5. The van der Waals surface area contributed by atoms with Gasteiger partial charge >= 0.3 is 0 Å². The lowest BCUT2D eigenvalue weighted by Crippen LogP contribution is -2.52. The predicted octanol–water partition coefficient (Wildman–Crippen LogP) is 5.59. The van der Waals surface area contributed by atoms with Crippen molar-refractivity contribution < 1.29 is 14.3 Å². The van der Waals surface area contributed by atoms with Crippen LogP contribution in [0.5, 0.6) is 5.75 Å². The Bertz CT molecular complexity index is 939. The zero-order chi connectivity index (χ0) is 23.8. The Morgan fingerprint density at radius 2 is 1.79 bits per heavy atom. The van der Waals surface area contributed by atoms with Crippen molar-refractivity contribution >= 4 is 23.4 Å². The molecule has 0 bridgehead atoms. The maximum absolute atomic E-state index is 13.4. The molecule has 33 heavy (non-hydrogen) atoms. The van der Waals surface area contributed by atoms with E-state index >= 15 is 0 Å². The number of halogens is 1. The molecule has 1 atom stereocenters. The second-order valence-electron chi connectivity index (χ2n) is 8.97. The molecular formula is C27H35ClN2O3. The summed E-state index contributed by atoms with van der Waals surface area (Å²) in [7, 11) is 0. The van der Waals surface area contributed by atoms with Crippen molar-refractivity contribution in [2.45, 2.75) is 77.9 Å². The van der Waals surface area contributed by atoms with Crippen LogP contribution in [0.4, 0.5) is 0 Å². The molecule has 6 heteroatoms. The predicted molar refractivity (Wildman–Crippen MR) is 133 cm³/mol. The number of nitrogens with zero attached hydrogens (tertiary/aromatic N) is 1. The minimum Gasteiger partial charge on any atom is -0.483 e. The Morgan fingerprint density at radius 1 is 1.09 bits per heavy atom. The minimum atomic E-state index is -0.558. The number of hydrogen-bond donors (Lipinski definition) is 1. The lowest BCUT2D eigenvalue weighted by molar-refractivity contribution is -0.143. The van der Waals surface area contributed by atoms with E-state index in [0.717, 1.165) is 42.4 Å². The lowest BCUT2D eigenvalue weighted by Gasteiger charge is -2.32. The SMILES string of the molecule is CC[C@H](C(=O)NC1CCCCC1)N(Cc1ccc(Cl)cc1)C(=O)COc1ccc(C)cc1C. The highest BCUT2D eigenvalue weighted by molar-refractivity contribution is 6.30. The summed E-state index contributed by atoms with van der Waals surface area (Å²) in [6.45, 7) is 6.13. The minimum absolute atomic E-state index is 0.0850. The standard InChI is InChI=1S/C27H35ClN2O3/c1-4-24(27(32)29-23-8-6-5-7-9-23)30(17-21-11-13-22(28)14-12-21)26(31)18-33-25-15-10-19(2)16-20(25)3/h10-16,23-24H,4-9,17-18H2,1-3H3,(H,29,32)/t24-/m1/s1. The van der Waals surface area contributed by atoms with Crippen LogP contribution in [0.15, 0.2) is 42.5 Å². The molecule has 1 aliphatic rings. The van der Waals surface area contributed by atoms with Crippen LogP contribution in [0.25, 0.3) is 0 Å². The van der Waals surface area contributed by atoms with E-state index in [1.54, 1.807) is 17.0 Å². The number of nitrogens with one attached hydrogen (secondary N) is 1. The van der Waals surface area contributed by atoms with Gasteiger partial charge in [-0.05, 0) is 62.4 Å². The molecule has 0 spiro atoms. The molecule has 1 saturated carbocycles. The fraction of sp³-hybridized carbons (Fsp3) is 0.481. The average molecular weight is 471 g/mol. The molecule has 1 aliphatic carbocycles. The molecule has 178 valence electrons. The number of aryl methyl sites for hydroxylation is 2. The highest BCUT2D eigenvalue weighted by Crippen LogP contribution is 2.21. The van der Waals surface area contributed by atoms with E-state index in [9.17, 15) is 9.59 Å². The van der Waals surface area contributed by atoms with Crippen LogP contribution in [0.3, 0.4) is 0 Å². The van der Waals surface area contributed by atoms with Gasteiger partial charge in [-0.25, -0.2) is 0 Å². The van der Waals surface area contributed by atoms with E-state index in [0.29, 0.717) is 23.7 Å². The summed E-state index contributed by atoms with van der Waals surface area (Å²) >= 11 is 6.04. The summed E-state index contributed by atoms with van der Waals surface area (Å²) in [6, 6.07) is 12.9. The topological polar surface area (TPSA) is 58.6 Å². The number of benzene rings is 2. The van der Waals surface area contributed by atoms with Gasteiger partial charge in [-0.2, -0.15) is 0 Å². The smallest absolute Gasteiger partial charge is 0.261 e. The van der Waals surface area contributed by atoms with E-state index in [1.807, 2.05) is 51.1 Å². The normalized spacial score (nSPS) is 15.0. The Kier molecular flexibility index (Phi) is 9.19. The van der Waals surface area contributed by atoms with Crippen LogP contribution >= 0.6 is 11.6 Å². The zero-order valence-electron chi connectivity index (χ0n) is 19.9. The fourth-order valence-corrected chi connectivity index (χ4v) is 4.56. The molecule has 2 aromatic carbocycles. The third-order valence-electron chi connectivity index (χ3n) is 6.29. The van der Waals surface area contributed by atoms with Gasteiger partial charge in [0.25, 0.3) is 5.91 Å². The molecule has 0 heterocycles. The van der Waals surface area contributed by atoms with Crippen LogP contribution in [-0.2, 0) is 16.1 Å². The number of rotatable bonds is 9. The summed E-state index contributed by atoms with van der Waals surface area (Å²) in [4.78, 5) is 28.2. The molecule has 0 aliphatic heterocycles. The van der Waals surface area contributed by atoms with Crippen LogP contribution in [0, 0.1) is 13.8 Å². The van der Waals surface area contributed by atoms with Crippen molar-refractivity contribution in [1.29, 1.82) is 0 Å². The number of carbonyl (C=O) groups is 2. The van der Waals surface area contributed by atoms with Crippen LogP contribution < -0.4 is 10.1 Å². The maximum atomic E-state index is 13.4.